The molecule has 0 bridgehead atoms. The van der Waals surface area contributed by atoms with E-state index in [2.05, 4.69) is 15.8 Å². The Bertz CT molecular complexity index is 807. The van der Waals surface area contributed by atoms with E-state index in [4.69, 9.17) is 11.6 Å². The third kappa shape index (κ3) is 5.39. The Morgan fingerprint density at radius 3 is 2.38 bits per heavy atom. The molecule has 0 radical (unpaired) electrons. The van der Waals surface area contributed by atoms with Crippen LogP contribution in [0.5, 0.6) is 0 Å². The Labute approximate surface area is 156 Å². The lowest BCUT2D eigenvalue weighted by Crippen LogP contribution is -2.48. The fourth-order valence-corrected chi connectivity index (χ4v) is 2.41. The summed E-state index contributed by atoms with van der Waals surface area (Å²) in [5.41, 5.74) is 3.31. The summed E-state index contributed by atoms with van der Waals surface area (Å²) in [5, 5.41) is 6.83. The van der Waals surface area contributed by atoms with Crippen molar-refractivity contribution in [2.24, 2.45) is 11.0 Å². The van der Waals surface area contributed by atoms with Gasteiger partial charge in [0.05, 0.1) is 16.8 Å². The zero-order chi connectivity index (χ0) is 19.1. The molecule has 5 nitrogen and oxygen atoms in total. The van der Waals surface area contributed by atoms with Crippen molar-refractivity contribution in [3.8, 4) is 0 Å². The molecular formula is C19H19ClFN3O2. The number of halogens is 2. The highest BCUT2D eigenvalue weighted by atomic mass is 35.5. The predicted molar refractivity (Wildman–Crippen MR) is 99.7 cm³/mol. The van der Waals surface area contributed by atoms with E-state index < -0.39 is 17.9 Å². The van der Waals surface area contributed by atoms with E-state index in [1.165, 1.54) is 30.5 Å². The highest BCUT2D eigenvalue weighted by Gasteiger charge is 2.25. The number of hydrazone groups is 1. The number of nitrogens with one attached hydrogen (secondary N) is 2. The lowest BCUT2D eigenvalue weighted by Gasteiger charge is -2.20. The predicted octanol–water partition coefficient (Wildman–Crippen LogP) is 3.38. The van der Waals surface area contributed by atoms with Crippen molar-refractivity contribution in [3.05, 3.63) is 70.5 Å². The Hall–Kier alpha value is -2.73. The van der Waals surface area contributed by atoms with Gasteiger partial charge >= 0.3 is 0 Å². The maximum atomic E-state index is 12.9. The van der Waals surface area contributed by atoms with Crippen LogP contribution >= 0.6 is 11.6 Å². The van der Waals surface area contributed by atoms with Gasteiger partial charge in [0.2, 0.25) is 0 Å². The summed E-state index contributed by atoms with van der Waals surface area (Å²) in [6.45, 7) is 3.61. The van der Waals surface area contributed by atoms with Crippen LogP contribution in [0.25, 0.3) is 0 Å². The van der Waals surface area contributed by atoms with Crippen LogP contribution in [0.2, 0.25) is 5.02 Å². The molecule has 136 valence electrons. The van der Waals surface area contributed by atoms with Crippen LogP contribution in [0, 0.1) is 11.7 Å². The second-order valence-corrected chi connectivity index (χ2v) is 6.37. The molecule has 0 fully saturated rings. The first kappa shape index (κ1) is 19.6. The van der Waals surface area contributed by atoms with E-state index >= 15 is 0 Å². The smallest absolute Gasteiger partial charge is 0.262 e. The van der Waals surface area contributed by atoms with Gasteiger partial charge in [-0.2, -0.15) is 5.10 Å². The highest BCUT2D eigenvalue weighted by Crippen LogP contribution is 2.15. The Kier molecular flexibility index (Phi) is 6.86. The minimum atomic E-state index is -0.788. The molecule has 0 aliphatic rings. The van der Waals surface area contributed by atoms with E-state index in [9.17, 15) is 14.0 Å². The second kappa shape index (κ2) is 9.10. The van der Waals surface area contributed by atoms with E-state index in [1.54, 1.807) is 38.1 Å². The first-order valence-corrected chi connectivity index (χ1v) is 8.40. The summed E-state index contributed by atoms with van der Waals surface area (Å²) in [6, 6.07) is 11.5. The molecule has 1 atom stereocenters. The van der Waals surface area contributed by atoms with E-state index in [0.29, 0.717) is 16.1 Å². The Morgan fingerprint density at radius 2 is 1.77 bits per heavy atom. The molecule has 2 rings (SSSR count). The highest BCUT2D eigenvalue weighted by molar-refractivity contribution is 6.33. The van der Waals surface area contributed by atoms with Crippen molar-refractivity contribution < 1.29 is 14.0 Å². The molecule has 26 heavy (non-hydrogen) atoms. The van der Waals surface area contributed by atoms with Crippen molar-refractivity contribution >= 4 is 29.6 Å². The van der Waals surface area contributed by atoms with Crippen molar-refractivity contribution in [1.29, 1.82) is 0 Å². The van der Waals surface area contributed by atoms with Gasteiger partial charge in [0.25, 0.3) is 11.8 Å². The van der Waals surface area contributed by atoms with E-state index in [0.717, 1.165) is 0 Å². The van der Waals surface area contributed by atoms with Crippen molar-refractivity contribution in [3.63, 3.8) is 0 Å². The fraction of sp³-hybridized carbons (Fsp3) is 0.211. The number of hydrogen-bond donors (Lipinski definition) is 2. The van der Waals surface area contributed by atoms with Crippen LogP contribution < -0.4 is 10.7 Å². The summed E-state index contributed by atoms with van der Waals surface area (Å²) in [5.74, 6) is -1.42. The molecule has 1 unspecified atom stereocenters. The molecule has 0 heterocycles. The molecule has 2 aromatic carbocycles. The van der Waals surface area contributed by atoms with Gasteiger partial charge < -0.3 is 5.32 Å². The van der Waals surface area contributed by atoms with E-state index in [1.807, 2.05) is 0 Å². The summed E-state index contributed by atoms with van der Waals surface area (Å²) >= 11 is 6.01. The fourth-order valence-electron chi connectivity index (χ4n) is 2.19. The standard InChI is InChI=1S/C19H19ClFN3O2/c1-12(2)17(23-18(25)15-5-3-4-6-16(15)20)19(26)24-22-11-13-7-9-14(21)10-8-13/h3-12,17H,1-2H3,(H,23,25)(H,24,26)/b22-11+. The van der Waals surface area contributed by atoms with Gasteiger partial charge in [-0.25, -0.2) is 9.82 Å². The van der Waals surface area contributed by atoms with Crippen LogP contribution in [-0.2, 0) is 4.79 Å². The van der Waals surface area contributed by atoms with Crippen molar-refractivity contribution in [2.45, 2.75) is 19.9 Å². The van der Waals surface area contributed by atoms with Crippen molar-refractivity contribution in [2.75, 3.05) is 0 Å². The van der Waals surface area contributed by atoms with Gasteiger partial charge in [0, 0.05) is 0 Å². The van der Waals surface area contributed by atoms with Gasteiger partial charge in [0.1, 0.15) is 11.9 Å². The Balaban J connectivity index is 2.02. The first-order valence-electron chi connectivity index (χ1n) is 8.02. The quantitative estimate of drug-likeness (QED) is 0.600. The number of carbonyl (C=O) groups is 2. The molecule has 0 aromatic heterocycles. The molecule has 2 amide bonds. The van der Waals surface area contributed by atoms with Crippen molar-refractivity contribution in [1.82, 2.24) is 10.7 Å². The second-order valence-electron chi connectivity index (χ2n) is 5.96. The third-order valence-electron chi connectivity index (χ3n) is 3.61. The maximum Gasteiger partial charge on any atom is 0.262 e. The van der Waals surface area contributed by atoms with Crippen LogP contribution in [0.4, 0.5) is 4.39 Å². The molecule has 0 saturated heterocycles. The summed E-state index contributed by atoms with van der Waals surface area (Å²) in [6.07, 6.45) is 1.39. The lowest BCUT2D eigenvalue weighted by molar-refractivity contribution is -0.123. The lowest BCUT2D eigenvalue weighted by atomic mass is 10.0. The molecule has 0 aliphatic heterocycles. The minimum Gasteiger partial charge on any atom is -0.340 e. The average Bonchev–Trinajstić information content (AvgIpc) is 2.61. The topological polar surface area (TPSA) is 70.6 Å². The number of hydrogen-bond acceptors (Lipinski definition) is 3. The third-order valence-corrected chi connectivity index (χ3v) is 3.94. The molecule has 0 saturated carbocycles. The molecular weight excluding hydrogens is 357 g/mol. The monoisotopic (exact) mass is 375 g/mol. The zero-order valence-electron chi connectivity index (χ0n) is 14.4. The number of rotatable bonds is 6. The van der Waals surface area contributed by atoms with Crippen LogP contribution in [-0.4, -0.2) is 24.1 Å². The molecule has 2 N–H and O–H groups in total. The van der Waals surface area contributed by atoms with Gasteiger partial charge in [-0.3, -0.25) is 9.59 Å². The summed E-state index contributed by atoms with van der Waals surface area (Å²) < 4.78 is 12.9. The van der Waals surface area contributed by atoms with Gasteiger partial charge in [-0.05, 0) is 35.7 Å². The van der Waals surface area contributed by atoms with Gasteiger partial charge in [0.15, 0.2) is 0 Å². The zero-order valence-corrected chi connectivity index (χ0v) is 15.1. The molecule has 2 aromatic rings. The largest absolute Gasteiger partial charge is 0.340 e. The summed E-state index contributed by atoms with van der Waals surface area (Å²) in [4.78, 5) is 24.7. The average molecular weight is 376 g/mol. The van der Waals surface area contributed by atoms with E-state index in [-0.39, 0.29) is 11.7 Å². The maximum absolute atomic E-state index is 12.9. The molecule has 0 aliphatic carbocycles. The van der Waals surface area contributed by atoms with Crippen LogP contribution in [0.3, 0.4) is 0 Å². The SMILES string of the molecule is CC(C)C(NC(=O)c1ccccc1Cl)C(=O)N/N=C/c1ccc(F)cc1. The Morgan fingerprint density at radius 1 is 1.12 bits per heavy atom. The van der Waals surface area contributed by atoms with Gasteiger partial charge in [-0.1, -0.05) is 49.7 Å². The number of nitrogens with zero attached hydrogens (tertiary/aromatic N) is 1. The number of carbonyl (C=O) groups excluding carboxylic acids is 2. The minimum absolute atomic E-state index is 0.164. The van der Waals surface area contributed by atoms with Crippen LogP contribution in [0.15, 0.2) is 53.6 Å². The van der Waals surface area contributed by atoms with Crippen LogP contribution in [0.1, 0.15) is 29.8 Å². The first-order chi connectivity index (χ1) is 12.4. The summed E-state index contributed by atoms with van der Waals surface area (Å²) in [7, 11) is 0. The number of benzene rings is 2. The number of amides is 2. The molecule has 0 spiro atoms. The molecule has 7 heteroatoms. The van der Waals surface area contributed by atoms with Gasteiger partial charge in [-0.15, -0.1) is 0 Å². The normalized spacial score (nSPS) is 12.2.